The Kier molecular flexibility index (Phi) is 4.75. The summed E-state index contributed by atoms with van der Waals surface area (Å²) in [5.41, 5.74) is 7.12. The smallest absolute Gasteiger partial charge is 0.317 e. The Morgan fingerprint density at radius 1 is 1.38 bits per heavy atom. The Labute approximate surface area is 129 Å². The third kappa shape index (κ3) is 2.99. The number of ether oxygens (including phenoxy) is 1. The van der Waals surface area contributed by atoms with Crippen molar-refractivity contribution in [1.82, 2.24) is 4.98 Å². The highest BCUT2D eigenvalue weighted by Crippen LogP contribution is 2.33. The van der Waals surface area contributed by atoms with Crippen molar-refractivity contribution in [2.75, 3.05) is 13.7 Å². The van der Waals surface area contributed by atoms with Gasteiger partial charge < -0.3 is 10.5 Å². The molecule has 0 fully saturated rings. The normalized spacial score (nSPS) is 13.7. The maximum Gasteiger partial charge on any atom is 0.317 e. The van der Waals surface area contributed by atoms with Crippen LogP contribution in [-0.4, -0.2) is 24.6 Å². The van der Waals surface area contributed by atoms with Crippen LogP contribution in [0.15, 0.2) is 30.5 Å². The van der Waals surface area contributed by atoms with E-state index in [9.17, 15) is 4.79 Å². The zero-order valence-electron chi connectivity index (χ0n) is 12.6. The van der Waals surface area contributed by atoms with Crippen LogP contribution in [0.5, 0.6) is 0 Å². The van der Waals surface area contributed by atoms with E-state index in [1.807, 2.05) is 44.3 Å². The lowest BCUT2D eigenvalue weighted by Crippen LogP contribution is -2.46. The van der Waals surface area contributed by atoms with Crippen molar-refractivity contribution < 1.29 is 9.53 Å². The highest BCUT2D eigenvalue weighted by Gasteiger charge is 2.41. The van der Waals surface area contributed by atoms with Crippen LogP contribution in [-0.2, 0) is 21.4 Å². The lowest BCUT2D eigenvalue weighted by atomic mass is 9.75. The van der Waals surface area contributed by atoms with E-state index in [0.717, 1.165) is 21.0 Å². The minimum atomic E-state index is -0.862. The number of methoxy groups -OCH3 is 1. The molecule has 1 aromatic heterocycles. The first-order valence-corrected chi connectivity index (χ1v) is 7.61. The van der Waals surface area contributed by atoms with Gasteiger partial charge in [-0.1, -0.05) is 24.3 Å². The first kappa shape index (κ1) is 15.7. The second-order valence-corrected chi connectivity index (χ2v) is 6.43. The van der Waals surface area contributed by atoms with Crippen molar-refractivity contribution in [3.63, 3.8) is 0 Å². The Bertz CT molecular complexity index is 639. The van der Waals surface area contributed by atoms with E-state index in [2.05, 4.69) is 4.98 Å². The molecule has 0 aliphatic rings. The molecule has 1 atom stereocenters. The molecular weight excluding hydrogens is 284 g/mol. The number of thiazole rings is 1. The number of nitrogens with zero attached hydrogens (tertiary/aromatic N) is 1. The van der Waals surface area contributed by atoms with Gasteiger partial charge in [-0.05, 0) is 25.0 Å². The summed E-state index contributed by atoms with van der Waals surface area (Å²) < 4.78 is 5.06. The summed E-state index contributed by atoms with van der Waals surface area (Å²) in [6.07, 6.45) is 2.32. The third-order valence-corrected chi connectivity index (χ3v) is 4.64. The van der Waals surface area contributed by atoms with Gasteiger partial charge in [0, 0.05) is 24.0 Å². The predicted octanol–water partition coefficient (Wildman–Crippen LogP) is 2.37. The zero-order chi connectivity index (χ0) is 15.5. The van der Waals surface area contributed by atoms with Crippen LogP contribution in [0.3, 0.4) is 0 Å². The molecule has 2 N–H and O–H groups in total. The van der Waals surface area contributed by atoms with Crippen LogP contribution < -0.4 is 5.73 Å². The molecule has 112 valence electrons. The van der Waals surface area contributed by atoms with Gasteiger partial charge in [-0.2, -0.15) is 0 Å². The van der Waals surface area contributed by atoms with Crippen molar-refractivity contribution in [2.45, 2.75) is 25.7 Å². The summed E-state index contributed by atoms with van der Waals surface area (Å²) in [6, 6.07) is 7.81. The van der Waals surface area contributed by atoms with Crippen molar-refractivity contribution >= 4 is 17.3 Å². The summed E-state index contributed by atoms with van der Waals surface area (Å²) in [6.45, 7) is 4.13. The number of carbonyl (C=O) groups is 1. The third-order valence-electron chi connectivity index (χ3n) is 3.73. The van der Waals surface area contributed by atoms with Gasteiger partial charge in [0.25, 0.3) is 0 Å². The molecule has 5 heteroatoms. The number of aromatic nitrogens is 1. The zero-order valence-corrected chi connectivity index (χ0v) is 13.4. The van der Waals surface area contributed by atoms with Gasteiger partial charge in [0.05, 0.1) is 12.1 Å². The average molecular weight is 304 g/mol. The fourth-order valence-electron chi connectivity index (χ4n) is 2.63. The molecule has 21 heavy (non-hydrogen) atoms. The Balaban J connectivity index is 2.53. The molecule has 0 saturated carbocycles. The number of nitrogens with two attached hydrogens (primary N) is 1. The van der Waals surface area contributed by atoms with E-state index in [1.165, 1.54) is 7.11 Å². The van der Waals surface area contributed by atoms with Gasteiger partial charge in [0.15, 0.2) is 0 Å². The minimum absolute atomic E-state index is 0.196. The number of carbonyl (C=O) groups excluding carboxylic acids is 1. The lowest BCUT2D eigenvalue weighted by Gasteiger charge is -2.31. The van der Waals surface area contributed by atoms with Gasteiger partial charge in [0.1, 0.15) is 5.41 Å². The first-order valence-electron chi connectivity index (χ1n) is 6.79. The highest BCUT2D eigenvalue weighted by molar-refractivity contribution is 7.11. The molecule has 0 bridgehead atoms. The molecule has 1 heterocycles. The molecule has 1 unspecified atom stereocenters. The Morgan fingerprint density at radius 3 is 2.62 bits per heavy atom. The van der Waals surface area contributed by atoms with Gasteiger partial charge in [0.2, 0.25) is 0 Å². The summed E-state index contributed by atoms with van der Waals surface area (Å²) in [4.78, 5) is 17.8. The fraction of sp³-hybridized carbons (Fsp3) is 0.375. The monoisotopic (exact) mass is 304 g/mol. The van der Waals surface area contributed by atoms with Gasteiger partial charge in [-0.3, -0.25) is 4.79 Å². The van der Waals surface area contributed by atoms with Crippen molar-refractivity contribution in [3.05, 3.63) is 51.5 Å². The van der Waals surface area contributed by atoms with Crippen LogP contribution in [0.2, 0.25) is 0 Å². The first-order chi connectivity index (χ1) is 10.0. The molecule has 0 spiro atoms. The predicted molar refractivity (Wildman–Crippen MR) is 84.5 cm³/mol. The van der Waals surface area contributed by atoms with E-state index < -0.39 is 5.41 Å². The van der Waals surface area contributed by atoms with Crippen molar-refractivity contribution in [3.8, 4) is 0 Å². The SMILES string of the molecule is COC(=O)C(CN)(Cc1cnc(C)s1)c1ccccc1C. The number of hydrogen-bond acceptors (Lipinski definition) is 5. The maximum absolute atomic E-state index is 12.5. The molecule has 4 nitrogen and oxygen atoms in total. The molecule has 0 aliphatic carbocycles. The quantitative estimate of drug-likeness (QED) is 0.861. The van der Waals surface area contributed by atoms with Crippen LogP contribution in [0.25, 0.3) is 0 Å². The number of aryl methyl sites for hydroxylation is 2. The summed E-state index contributed by atoms with van der Waals surface area (Å²) in [7, 11) is 1.41. The van der Waals surface area contributed by atoms with Gasteiger partial charge in [-0.15, -0.1) is 11.3 Å². The van der Waals surface area contributed by atoms with Crippen LogP contribution in [0.4, 0.5) is 0 Å². The minimum Gasteiger partial charge on any atom is -0.468 e. The lowest BCUT2D eigenvalue weighted by molar-refractivity contribution is -0.147. The second-order valence-electron chi connectivity index (χ2n) is 5.12. The van der Waals surface area contributed by atoms with E-state index in [1.54, 1.807) is 11.3 Å². The second kappa shape index (κ2) is 6.37. The van der Waals surface area contributed by atoms with E-state index >= 15 is 0 Å². The Hall–Kier alpha value is -1.72. The summed E-state index contributed by atoms with van der Waals surface area (Å²) in [5, 5.41) is 0.977. The standard InChI is InChI=1S/C16H20N2O2S/c1-11-6-4-5-7-14(11)16(10-17,15(19)20-3)8-13-9-18-12(2)21-13/h4-7,9H,8,10,17H2,1-3H3. The number of rotatable bonds is 5. The molecule has 0 radical (unpaired) electrons. The number of benzene rings is 1. The molecule has 0 aliphatic heterocycles. The van der Waals surface area contributed by atoms with Crippen molar-refractivity contribution in [1.29, 1.82) is 0 Å². The molecule has 2 rings (SSSR count). The highest BCUT2D eigenvalue weighted by atomic mass is 32.1. The summed E-state index contributed by atoms with van der Waals surface area (Å²) in [5.74, 6) is -0.301. The topological polar surface area (TPSA) is 65.2 Å². The molecule has 2 aromatic rings. The molecule has 0 amide bonds. The largest absolute Gasteiger partial charge is 0.468 e. The fourth-order valence-corrected chi connectivity index (χ4v) is 3.54. The van der Waals surface area contributed by atoms with Crippen LogP contribution >= 0.6 is 11.3 Å². The van der Waals surface area contributed by atoms with Gasteiger partial charge >= 0.3 is 5.97 Å². The summed E-state index contributed by atoms with van der Waals surface area (Å²) >= 11 is 1.58. The van der Waals surface area contributed by atoms with E-state index in [4.69, 9.17) is 10.5 Å². The van der Waals surface area contributed by atoms with Gasteiger partial charge in [-0.25, -0.2) is 4.98 Å². The average Bonchev–Trinajstić information content (AvgIpc) is 2.90. The van der Waals surface area contributed by atoms with Crippen LogP contribution in [0, 0.1) is 13.8 Å². The molecular formula is C16H20N2O2S. The Morgan fingerprint density at radius 2 is 2.10 bits per heavy atom. The van der Waals surface area contributed by atoms with Crippen LogP contribution in [0.1, 0.15) is 21.0 Å². The number of hydrogen-bond donors (Lipinski definition) is 1. The van der Waals surface area contributed by atoms with E-state index in [-0.39, 0.29) is 12.5 Å². The van der Waals surface area contributed by atoms with E-state index in [0.29, 0.717) is 6.42 Å². The maximum atomic E-state index is 12.5. The number of esters is 1. The van der Waals surface area contributed by atoms with Crippen molar-refractivity contribution in [2.24, 2.45) is 5.73 Å². The molecule has 0 saturated heterocycles. The molecule has 1 aromatic carbocycles.